The van der Waals surface area contributed by atoms with Crippen molar-refractivity contribution in [1.82, 2.24) is 20.0 Å². The smallest absolute Gasteiger partial charge is 0.255 e. The molecule has 1 N–H and O–H groups in total. The lowest BCUT2D eigenvalue weighted by molar-refractivity contribution is 0.262. The van der Waals surface area contributed by atoms with Gasteiger partial charge in [0.1, 0.15) is 17.3 Å². The Bertz CT molecular complexity index is 747. The number of nitrogens with one attached hydrogen (secondary N) is 1. The summed E-state index contributed by atoms with van der Waals surface area (Å²) in [5, 5.41) is 4.24. The molecule has 2 aliphatic rings. The second-order valence-electron chi connectivity index (χ2n) is 5.96. The predicted molar refractivity (Wildman–Crippen MR) is 75.7 cm³/mol. The quantitative estimate of drug-likeness (QED) is 0.904. The molecular formula is C15H18N4O2. The molecule has 1 aliphatic heterocycles. The molecule has 0 bridgehead atoms. The monoisotopic (exact) mass is 286 g/mol. The molecule has 0 amide bonds. The highest BCUT2D eigenvalue weighted by atomic mass is 16.5. The second kappa shape index (κ2) is 4.80. The average Bonchev–Trinajstić information content (AvgIpc) is 3.04. The molecule has 0 aromatic carbocycles. The van der Waals surface area contributed by atoms with E-state index in [0.717, 1.165) is 42.1 Å². The summed E-state index contributed by atoms with van der Waals surface area (Å²) in [7, 11) is 0. The molecule has 3 heterocycles. The van der Waals surface area contributed by atoms with Crippen LogP contribution in [0.15, 0.2) is 9.32 Å². The minimum absolute atomic E-state index is 0.0119. The van der Waals surface area contributed by atoms with Gasteiger partial charge in [0.15, 0.2) is 0 Å². The van der Waals surface area contributed by atoms with Crippen LogP contribution in [0.25, 0.3) is 0 Å². The molecule has 21 heavy (non-hydrogen) atoms. The number of aromatic amines is 1. The van der Waals surface area contributed by atoms with Crippen LogP contribution in [0.5, 0.6) is 0 Å². The lowest BCUT2D eigenvalue weighted by Crippen LogP contribution is -2.19. The molecule has 0 fully saturated rings. The van der Waals surface area contributed by atoms with Gasteiger partial charge in [0.25, 0.3) is 5.56 Å². The van der Waals surface area contributed by atoms with Crippen LogP contribution >= 0.6 is 0 Å². The van der Waals surface area contributed by atoms with Crippen molar-refractivity contribution in [3.63, 3.8) is 0 Å². The van der Waals surface area contributed by atoms with Crippen LogP contribution in [0.4, 0.5) is 0 Å². The summed E-state index contributed by atoms with van der Waals surface area (Å²) in [5.41, 5.74) is 4.00. The summed E-state index contributed by atoms with van der Waals surface area (Å²) < 4.78 is 5.46. The first-order chi connectivity index (χ1) is 10.2. The summed E-state index contributed by atoms with van der Waals surface area (Å²) in [6.45, 7) is 3.90. The van der Waals surface area contributed by atoms with Crippen LogP contribution in [-0.2, 0) is 32.5 Å². The van der Waals surface area contributed by atoms with E-state index in [4.69, 9.17) is 4.52 Å². The Morgan fingerprint density at radius 2 is 2.10 bits per heavy atom. The lowest BCUT2D eigenvalue weighted by atomic mass is 9.96. The van der Waals surface area contributed by atoms with Gasteiger partial charge in [0.2, 0.25) is 0 Å². The number of rotatable bonds is 2. The number of fused-ring (bicyclic) bond motifs is 2. The van der Waals surface area contributed by atoms with Crippen molar-refractivity contribution in [3.05, 3.63) is 44.5 Å². The minimum Gasteiger partial charge on any atom is -0.361 e. The van der Waals surface area contributed by atoms with Crippen molar-refractivity contribution in [1.29, 1.82) is 0 Å². The van der Waals surface area contributed by atoms with Gasteiger partial charge in [-0.3, -0.25) is 9.69 Å². The predicted octanol–water partition coefficient (Wildman–Crippen LogP) is 1.46. The Balaban J connectivity index is 1.57. The zero-order valence-corrected chi connectivity index (χ0v) is 12.1. The van der Waals surface area contributed by atoms with Gasteiger partial charge in [0, 0.05) is 31.6 Å². The third-order valence-electron chi connectivity index (χ3n) is 4.38. The van der Waals surface area contributed by atoms with Crippen LogP contribution in [0.2, 0.25) is 0 Å². The topological polar surface area (TPSA) is 75.0 Å². The first-order valence-corrected chi connectivity index (χ1v) is 7.48. The molecule has 2 aromatic heterocycles. The Hall–Kier alpha value is -1.95. The van der Waals surface area contributed by atoms with Crippen LogP contribution in [0.1, 0.15) is 46.9 Å². The van der Waals surface area contributed by atoms with Crippen molar-refractivity contribution < 1.29 is 4.52 Å². The van der Waals surface area contributed by atoms with Crippen LogP contribution in [-0.4, -0.2) is 20.0 Å². The largest absolute Gasteiger partial charge is 0.361 e. The number of hydrogen-bond acceptors (Lipinski definition) is 5. The summed E-state index contributed by atoms with van der Waals surface area (Å²) in [6, 6.07) is 0. The van der Waals surface area contributed by atoms with Crippen molar-refractivity contribution in [2.75, 3.05) is 0 Å². The summed E-state index contributed by atoms with van der Waals surface area (Å²) in [6.07, 6.45) is 4.47. The van der Waals surface area contributed by atoms with E-state index in [1.807, 2.05) is 6.92 Å². The SMILES string of the molecule is Cc1nc2c(c(=O)[nH]1)CN(Cc1noc3c1CCCC3)C2. The van der Waals surface area contributed by atoms with E-state index in [0.29, 0.717) is 18.9 Å². The van der Waals surface area contributed by atoms with Crippen LogP contribution in [0, 0.1) is 6.92 Å². The second-order valence-corrected chi connectivity index (χ2v) is 5.96. The van der Waals surface area contributed by atoms with E-state index >= 15 is 0 Å². The number of H-pyrrole nitrogens is 1. The molecule has 110 valence electrons. The fourth-order valence-electron chi connectivity index (χ4n) is 3.35. The summed E-state index contributed by atoms with van der Waals surface area (Å²) in [5.74, 6) is 1.74. The maximum Gasteiger partial charge on any atom is 0.255 e. The first-order valence-electron chi connectivity index (χ1n) is 7.48. The highest BCUT2D eigenvalue weighted by Crippen LogP contribution is 2.27. The minimum atomic E-state index is -0.0119. The fraction of sp³-hybridized carbons (Fsp3) is 0.533. The number of hydrogen-bond donors (Lipinski definition) is 1. The number of aromatic nitrogens is 3. The Morgan fingerprint density at radius 3 is 3.00 bits per heavy atom. The fourth-order valence-corrected chi connectivity index (χ4v) is 3.35. The first kappa shape index (κ1) is 12.8. The Morgan fingerprint density at radius 1 is 1.24 bits per heavy atom. The standard InChI is InChI=1S/C15H18N4O2/c1-9-16-12-7-19(6-11(12)15(20)17-9)8-13-10-4-2-3-5-14(10)21-18-13/h2-8H2,1H3,(H,16,17,20). The van der Waals surface area contributed by atoms with Crippen molar-refractivity contribution >= 4 is 0 Å². The van der Waals surface area contributed by atoms with Crippen molar-refractivity contribution in [3.8, 4) is 0 Å². The lowest BCUT2D eigenvalue weighted by Gasteiger charge is -2.14. The summed E-state index contributed by atoms with van der Waals surface area (Å²) in [4.78, 5) is 21.4. The van der Waals surface area contributed by atoms with Gasteiger partial charge in [-0.1, -0.05) is 5.16 Å². The van der Waals surface area contributed by atoms with E-state index in [-0.39, 0.29) is 5.56 Å². The average molecular weight is 286 g/mol. The Kier molecular flexibility index (Phi) is 2.92. The molecule has 4 rings (SSSR count). The van der Waals surface area contributed by atoms with Crippen LogP contribution in [0.3, 0.4) is 0 Å². The maximum atomic E-state index is 12.0. The van der Waals surface area contributed by atoms with Gasteiger partial charge in [-0.15, -0.1) is 0 Å². The van der Waals surface area contributed by atoms with Crippen molar-refractivity contribution in [2.45, 2.75) is 52.2 Å². The zero-order chi connectivity index (χ0) is 14.4. The number of aryl methyl sites for hydroxylation is 2. The molecule has 2 aromatic rings. The molecule has 1 aliphatic carbocycles. The molecular weight excluding hydrogens is 268 g/mol. The van der Waals surface area contributed by atoms with Gasteiger partial charge >= 0.3 is 0 Å². The van der Waals surface area contributed by atoms with Gasteiger partial charge in [-0.25, -0.2) is 4.98 Å². The van der Waals surface area contributed by atoms with Gasteiger partial charge in [0.05, 0.1) is 11.3 Å². The Labute approximate surface area is 122 Å². The van der Waals surface area contributed by atoms with Crippen molar-refractivity contribution in [2.24, 2.45) is 0 Å². The van der Waals surface area contributed by atoms with Gasteiger partial charge in [-0.05, 0) is 26.2 Å². The maximum absolute atomic E-state index is 12.0. The van der Waals surface area contributed by atoms with Crippen LogP contribution < -0.4 is 5.56 Å². The summed E-state index contributed by atoms with van der Waals surface area (Å²) >= 11 is 0. The molecule has 0 spiro atoms. The molecule has 6 nitrogen and oxygen atoms in total. The molecule has 0 saturated carbocycles. The highest BCUT2D eigenvalue weighted by Gasteiger charge is 2.26. The van der Waals surface area contributed by atoms with Gasteiger partial charge < -0.3 is 9.51 Å². The third-order valence-corrected chi connectivity index (χ3v) is 4.38. The zero-order valence-electron chi connectivity index (χ0n) is 12.1. The third kappa shape index (κ3) is 2.19. The molecule has 0 saturated heterocycles. The van der Waals surface area contributed by atoms with E-state index < -0.39 is 0 Å². The molecule has 0 radical (unpaired) electrons. The molecule has 0 atom stereocenters. The van der Waals surface area contributed by atoms with E-state index in [9.17, 15) is 4.79 Å². The molecule has 0 unspecified atom stereocenters. The van der Waals surface area contributed by atoms with Gasteiger partial charge in [-0.2, -0.15) is 0 Å². The normalized spacial score (nSPS) is 17.8. The highest BCUT2D eigenvalue weighted by molar-refractivity contribution is 5.27. The van der Waals surface area contributed by atoms with E-state index in [1.54, 1.807) is 0 Å². The van der Waals surface area contributed by atoms with E-state index in [2.05, 4.69) is 20.0 Å². The molecule has 6 heteroatoms. The van der Waals surface area contributed by atoms with E-state index in [1.165, 1.54) is 18.4 Å². The number of nitrogens with zero attached hydrogens (tertiary/aromatic N) is 3.